The summed E-state index contributed by atoms with van der Waals surface area (Å²) in [7, 11) is 1.51. The molecule has 94 valence electrons. The van der Waals surface area contributed by atoms with Crippen molar-refractivity contribution in [2.75, 3.05) is 20.2 Å². The quantitative estimate of drug-likeness (QED) is 0.679. The van der Waals surface area contributed by atoms with Gasteiger partial charge in [-0.2, -0.15) is 4.98 Å². The largest absolute Gasteiger partial charge is 0.467 e. The van der Waals surface area contributed by atoms with Crippen molar-refractivity contribution in [3.8, 4) is 6.01 Å². The van der Waals surface area contributed by atoms with Crippen molar-refractivity contribution in [1.29, 1.82) is 0 Å². The number of carbonyl (C=O) groups is 1. The highest BCUT2D eigenvalue weighted by Gasteiger charge is 2.26. The van der Waals surface area contributed by atoms with E-state index in [1.165, 1.54) is 7.11 Å². The molecular weight excluding hydrogens is 234 g/mol. The van der Waals surface area contributed by atoms with Crippen molar-refractivity contribution >= 4 is 16.9 Å². The number of H-pyrrole nitrogens is 1. The Kier molecular flexibility index (Phi) is 2.60. The highest BCUT2D eigenvalue weighted by Crippen LogP contribution is 2.24. The molecule has 3 N–H and O–H groups in total. The molecule has 0 aliphatic carbocycles. The van der Waals surface area contributed by atoms with Crippen LogP contribution in [0.4, 0.5) is 0 Å². The number of hydrogen-bond donors (Lipinski definition) is 3. The van der Waals surface area contributed by atoms with Gasteiger partial charge in [0, 0.05) is 24.8 Å². The molecule has 7 nitrogen and oxygen atoms in total. The Morgan fingerprint density at radius 3 is 3.11 bits per heavy atom. The second-order valence-electron chi connectivity index (χ2n) is 4.04. The van der Waals surface area contributed by atoms with Crippen LogP contribution < -0.4 is 15.4 Å². The first-order valence-corrected chi connectivity index (χ1v) is 5.68. The molecule has 1 aliphatic heterocycles. The summed E-state index contributed by atoms with van der Waals surface area (Å²) in [6.45, 7) is 1.39. The van der Waals surface area contributed by atoms with Gasteiger partial charge in [0.2, 0.25) is 5.91 Å². The summed E-state index contributed by atoms with van der Waals surface area (Å²) >= 11 is 0. The smallest absolute Gasteiger partial charge is 0.316 e. The average molecular weight is 247 g/mol. The first-order valence-electron chi connectivity index (χ1n) is 5.68. The summed E-state index contributed by atoms with van der Waals surface area (Å²) in [5, 5.41) is 5.99. The number of rotatable bonds is 2. The molecule has 2 aromatic rings. The molecule has 0 saturated carbocycles. The third-order valence-corrected chi connectivity index (χ3v) is 2.95. The van der Waals surface area contributed by atoms with Gasteiger partial charge in [0.15, 0.2) is 0 Å². The van der Waals surface area contributed by atoms with Gasteiger partial charge in [-0.05, 0) is 0 Å². The Bertz CT molecular complexity index is 594. The summed E-state index contributed by atoms with van der Waals surface area (Å²) in [4.78, 5) is 23.2. The minimum absolute atomic E-state index is 0.0419. The minimum atomic E-state index is -0.382. The lowest BCUT2D eigenvalue weighted by atomic mass is 10.1. The topological polar surface area (TPSA) is 91.9 Å². The van der Waals surface area contributed by atoms with Gasteiger partial charge in [-0.1, -0.05) is 0 Å². The third kappa shape index (κ3) is 1.68. The molecule has 1 amide bonds. The number of amides is 1. The highest BCUT2D eigenvalue weighted by molar-refractivity contribution is 5.90. The standard InChI is InChI=1S/C11H13N5O2/c1-18-11-15-5-7-8(16-11)6(4-14-7)9-10(17)13-3-2-12-9/h4-5,9,12,14H,2-3H2,1H3,(H,13,17). The molecule has 0 spiro atoms. The number of nitrogens with one attached hydrogen (secondary N) is 3. The van der Waals surface area contributed by atoms with Crippen molar-refractivity contribution in [2.45, 2.75) is 6.04 Å². The van der Waals surface area contributed by atoms with E-state index < -0.39 is 0 Å². The first kappa shape index (κ1) is 11.0. The van der Waals surface area contributed by atoms with Crippen LogP contribution in [0, 0.1) is 0 Å². The SMILES string of the molecule is COc1ncc2[nH]cc(C3NCCNC3=O)c2n1. The first-order chi connectivity index (χ1) is 8.79. The molecule has 2 aromatic heterocycles. The van der Waals surface area contributed by atoms with Gasteiger partial charge in [0.25, 0.3) is 0 Å². The average Bonchev–Trinajstić information content (AvgIpc) is 2.82. The molecule has 1 atom stereocenters. The monoisotopic (exact) mass is 247 g/mol. The molecule has 0 aromatic carbocycles. The summed E-state index contributed by atoms with van der Waals surface area (Å²) in [6.07, 6.45) is 3.42. The molecule has 18 heavy (non-hydrogen) atoms. The zero-order valence-electron chi connectivity index (χ0n) is 9.86. The lowest BCUT2D eigenvalue weighted by Gasteiger charge is -2.22. The second-order valence-corrected chi connectivity index (χ2v) is 4.04. The van der Waals surface area contributed by atoms with E-state index in [-0.39, 0.29) is 11.9 Å². The van der Waals surface area contributed by atoms with Gasteiger partial charge < -0.3 is 20.4 Å². The number of aromatic amines is 1. The number of piperazine rings is 1. The van der Waals surface area contributed by atoms with Crippen molar-refractivity contribution in [3.05, 3.63) is 18.0 Å². The van der Waals surface area contributed by atoms with Gasteiger partial charge in [0.1, 0.15) is 11.6 Å². The van der Waals surface area contributed by atoms with Crippen LogP contribution in [0.3, 0.4) is 0 Å². The maximum Gasteiger partial charge on any atom is 0.316 e. The Morgan fingerprint density at radius 1 is 1.44 bits per heavy atom. The van der Waals surface area contributed by atoms with Crippen molar-refractivity contribution in [2.24, 2.45) is 0 Å². The number of ether oxygens (including phenoxy) is 1. The maximum absolute atomic E-state index is 11.8. The van der Waals surface area contributed by atoms with Gasteiger partial charge in [-0.25, -0.2) is 4.98 Å². The fourth-order valence-electron chi connectivity index (χ4n) is 2.08. The molecule has 3 rings (SSSR count). The Labute approximate surface area is 103 Å². The van der Waals surface area contributed by atoms with Crippen LogP contribution in [-0.4, -0.2) is 41.1 Å². The predicted molar refractivity (Wildman–Crippen MR) is 64.2 cm³/mol. The fraction of sp³-hybridized carbons (Fsp3) is 0.364. The van der Waals surface area contributed by atoms with Crippen LogP contribution in [0.1, 0.15) is 11.6 Å². The number of nitrogens with zero attached hydrogens (tertiary/aromatic N) is 2. The van der Waals surface area contributed by atoms with Crippen molar-refractivity contribution in [3.63, 3.8) is 0 Å². The molecule has 3 heterocycles. The number of carbonyl (C=O) groups excluding carboxylic acids is 1. The van der Waals surface area contributed by atoms with Gasteiger partial charge in [0.05, 0.1) is 18.8 Å². The van der Waals surface area contributed by atoms with E-state index in [9.17, 15) is 4.79 Å². The lowest BCUT2D eigenvalue weighted by Crippen LogP contribution is -2.47. The molecular formula is C11H13N5O2. The predicted octanol–water partition coefficient (Wildman–Crippen LogP) is -0.273. The normalized spacial score (nSPS) is 19.8. The van der Waals surface area contributed by atoms with Crippen LogP contribution in [0.2, 0.25) is 0 Å². The fourth-order valence-corrected chi connectivity index (χ4v) is 2.08. The van der Waals surface area contributed by atoms with E-state index in [1.54, 1.807) is 12.4 Å². The third-order valence-electron chi connectivity index (χ3n) is 2.95. The van der Waals surface area contributed by atoms with Gasteiger partial charge >= 0.3 is 6.01 Å². The molecule has 0 bridgehead atoms. The number of hydrogen-bond acceptors (Lipinski definition) is 5. The van der Waals surface area contributed by atoms with E-state index in [1.807, 2.05) is 0 Å². The Balaban J connectivity index is 2.07. The van der Waals surface area contributed by atoms with Crippen LogP contribution in [0.25, 0.3) is 11.0 Å². The van der Waals surface area contributed by atoms with Crippen molar-refractivity contribution < 1.29 is 9.53 Å². The lowest BCUT2D eigenvalue weighted by molar-refractivity contribution is -0.124. The molecule has 1 unspecified atom stereocenters. The molecule has 1 fully saturated rings. The van der Waals surface area contributed by atoms with E-state index in [0.717, 1.165) is 17.6 Å². The zero-order valence-corrected chi connectivity index (χ0v) is 9.86. The summed E-state index contributed by atoms with van der Waals surface area (Å²) in [6, 6.07) is -0.0910. The Hall–Kier alpha value is -2.15. The molecule has 0 radical (unpaired) electrons. The molecule has 7 heteroatoms. The van der Waals surface area contributed by atoms with E-state index in [4.69, 9.17) is 4.74 Å². The van der Waals surface area contributed by atoms with Crippen LogP contribution in [-0.2, 0) is 4.79 Å². The van der Waals surface area contributed by atoms with E-state index in [0.29, 0.717) is 18.1 Å². The van der Waals surface area contributed by atoms with Crippen LogP contribution in [0.5, 0.6) is 6.01 Å². The van der Waals surface area contributed by atoms with Crippen molar-refractivity contribution in [1.82, 2.24) is 25.6 Å². The number of aromatic nitrogens is 3. The second kappa shape index (κ2) is 4.26. The summed E-state index contributed by atoms with van der Waals surface area (Å²) in [5.74, 6) is -0.0419. The van der Waals surface area contributed by atoms with E-state index >= 15 is 0 Å². The zero-order chi connectivity index (χ0) is 12.5. The summed E-state index contributed by atoms with van der Waals surface area (Å²) < 4.78 is 5.00. The minimum Gasteiger partial charge on any atom is -0.467 e. The Morgan fingerprint density at radius 2 is 2.33 bits per heavy atom. The van der Waals surface area contributed by atoms with Gasteiger partial charge in [-0.3, -0.25) is 4.79 Å². The van der Waals surface area contributed by atoms with E-state index in [2.05, 4.69) is 25.6 Å². The number of fused-ring (bicyclic) bond motifs is 1. The number of methoxy groups -OCH3 is 1. The van der Waals surface area contributed by atoms with Crippen LogP contribution in [0.15, 0.2) is 12.4 Å². The molecule has 1 saturated heterocycles. The summed E-state index contributed by atoms with van der Waals surface area (Å²) in [5.41, 5.74) is 2.30. The highest BCUT2D eigenvalue weighted by atomic mass is 16.5. The maximum atomic E-state index is 11.8. The van der Waals surface area contributed by atoms with Gasteiger partial charge in [-0.15, -0.1) is 0 Å². The molecule has 1 aliphatic rings. The van der Waals surface area contributed by atoms with Crippen LogP contribution >= 0.6 is 0 Å².